The summed E-state index contributed by atoms with van der Waals surface area (Å²) < 4.78 is 27.8. The van der Waals surface area contributed by atoms with Gasteiger partial charge < -0.3 is 19.1 Å². The largest absolute Gasteiger partial charge is 0.481 e. The van der Waals surface area contributed by atoms with E-state index in [0.717, 1.165) is 45.2 Å². The standard InChI is InChI=1S/C28H27FN4O4/c1-4-10-37-11-9-24-26(19-6-8-22(28(34)35)31-27(19)36-3)20-14-23-17(15-30-32-23)13-25(20)33(24)18-5-7-21(29)16(2)12-18/h5-8,12-15H,4,9-11H2,1-3H3,(H,30,32)(H,34,35). The monoisotopic (exact) mass is 502 g/mol. The van der Waals surface area contributed by atoms with Crippen LogP contribution in [0.15, 0.2) is 48.7 Å². The normalized spacial score (nSPS) is 11.5. The van der Waals surface area contributed by atoms with Crippen LogP contribution in [0.5, 0.6) is 5.88 Å². The van der Waals surface area contributed by atoms with Gasteiger partial charge in [-0.2, -0.15) is 5.10 Å². The van der Waals surface area contributed by atoms with E-state index in [1.807, 2.05) is 18.2 Å². The summed E-state index contributed by atoms with van der Waals surface area (Å²) in [5, 5.41) is 18.5. The number of aromatic amines is 1. The summed E-state index contributed by atoms with van der Waals surface area (Å²) in [5.74, 6) is -1.21. The highest BCUT2D eigenvalue weighted by Gasteiger charge is 2.24. The Morgan fingerprint density at radius 3 is 2.73 bits per heavy atom. The fourth-order valence-electron chi connectivity index (χ4n) is 4.70. The van der Waals surface area contributed by atoms with Crippen molar-refractivity contribution in [2.45, 2.75) is 26.7 Å². The highest BCUT2D eigenvalue weighted by Crippen LogP contribution is 2.42. The van der Waals surface area contributed by atoms with Crippen molar-refractivity contribution in [1.82, 2.24) is 19.7 Å². The molecule has 37 heavy (non-hydrogen) atoms. The Morgan fingerprint density at radius 2 is 2.00 bits per heavy atom. The predicted octanol–water partition coefficient (Wildman–Crippen LogP) is 5.69. The molecule has 5 aromatic rings. The number of hydrogen-bond acceptors (Lipinski definition) is 5. The van der Waals surface area contributed by atoms with Gasteiger partial charge in [0, 0.05) is 46.3 Å². The van der Waals surface area contributed by atoms with Gasteiger partial charge >= 0.3 is 5.97 Å². The van der Waals surface area contributed by atoms with E-state index < -0.39 is 5.97 Å². The van der Waals surface area contributed by atoms with Crippen molar-refractivity contribution in [1.29, 1.82) is 0 Å². The van der Waals surface area contributed by atoms with Crippen molar-refractivity contribution < 1.29 is 23.8 Å². The topological polar surface area (TPSA) is 102 Å². The molecule has 3 heterocycles. The number of carboxylic acids is 1. The number of pyridine rings is 1. The molecule has 2 N–H and O–H groups in total. The SMILES string of the molecule is CCCOCCc1c(-c2ccc(C(=O)O)nc2OC)c2cc3[nH]ncc3cc2n1-c1ccc(F)c(C)c1. The third-order valence-corrected chi connectivity index (χ3v) is 6.40. The molecule has 0 saturated heterocycles. The molecule has 5 rings (SSSR count). The van der Waals surface area contributed by atoms with Gasteiger partial charge in [0.1, 0.15) is 5.82 Å². The lowest BCUT2D eigenvalue weighted by Gasteiger charge is -2.15. The Morgan fingerprint density at radius 1 is 1.16 bits per heavy atom. The second-order valence-electron chi connectivity index (χ2n) is 8.84. The van der Waals surface area contributed by atoms with Gasteiger partial charge in [-0.3, -0.25) is 5.10 Å². The maximum absolute atomic E-state index is 14.2. The van der Waals surface area contributed by atoms with Gasteiger partial charge in [0.25, 0.3) is 0 Å². The summed E-state index contributed by atoms with van der Waals surface area (Å²) in [5.41, 5.74) is 5.38. The number of rotatable bonds is 9. The maximum Gasteiger partial charge on any atom is 0.354 e. The molecule has 0 aliphatic carbocycles. The molecular weight excluding hydrogens is 475 g/mol. The van der Waals surface area contributed by atoms with E-state index in [1.54, 1.807) is 25.3 Å². The molecule has 0 fully saturated rings. The van der Waals surface area contributed by atoms with Crippen LogP contribution in [0.2, 0.25) is 0 Å². The molecule has 9 heteroatoms. The fraction of sp³-hybridized carbons (Fsp3) is 0.250. The number of H-pyrrole nitrogens is 1. The molecule has 2 aromatic carbocycles. The number of fused-ring (bicyclic) bond motifs is 2. The fourth-order valence-corrected chi connectivity index (χ4v) is 4.70. The number of aryl methyl sites for hydroxylation is 1. The van der Waals surface area contributed by atoms with Crippen LogP contribution >= 0.6 is 0 Å². The number of methoxy groups -OCH3 is 1. The van der Waals surface area contributed by atoms with Gasteiger partial charge in [-0.1, -0.05) is 6.92 Å². The van der Waals surface area contributed by atoms with Crippen molar-refractivity contribution in [3.05, 3.63) is 71.4 Å². The first-order chi connectivity index (χ1) is 17.9. The van der Waals surface area contributed by atoms with Crippen molar-refractivity contribution in [3.63, 3.8) is 0 Å². The molecule has 8 nitrogen and oxygen atoms in total. The number of hydrogen-bond donors (Lipinski definition) is 2. The molecule has 3 aromatic heterocycles. The number of nitrogens with one attached hydrogen (secondary N) is 1. The van der Waals surface area contributed by atoms with Crippen molar-refractivity contribution in [3.8, 4) is 22.7 Å². The third-order valence-electron chi connectivity index (χ3n) is 6.40. The number of carboxylic acid groups (broad SMARTS) is 1. The van der Waals surface area contributed by atoms with Crippen LogP contribution in [-0.2, 0) is 11.2 Å². The highest BCUT2D eigenvalue weighted by atomic mass is 19.1. The number of carbonyl (C=O) groups is 1. The van der Waals surface area contributed by atoms with Crippen LogP contribution in [-0.4, -0.2) is 51.1 Å². The van der Waals surface area contributed by atoms with Crippen molar-refractivity contribution in [2.24, 2.45) is 0 Å². The zero-order valence-corrected chi connectivity index (χ0v) is 20.8. The first kappa shape index (κ1) is 24.5. The Labute approximate surface area is 212 Å². The summed E-state index contributed by atoms with van der Waals surface area (Å²) in [6.07, 6.45) is 3.21. The Kier molecular flexibility index (Phi) is 6.62. The minimum atomic E-state index is -1.14. The zero-order valence-electron chi connectivity index (χ0n) is 20.8. The molecule has 0 spiro atoms. The molecule has 0 atom stereocenters. The molecule has 0 bridgehead atoms. The van der Waals surface area contributed by atoms with Crippen LogP contribution in [0.25, 0.3) is 38.6 Å². The Hall–Kier alpha value is -4.24. The van der Waals surface area contributed by atoms with Gasteiger partial charge in [0.15, 0.2) is 5.69 Å². The van der Waals surface area contributed by atoms with Gasteiger partial charge in [-0.05, 0) is 61.4 Å². The van der Waals surface area contributed by atoms with E-state index >= 15 is 0 Å². The second-order valence-corrected chi connectivity index (χ2v) is 8.84. The smallest absolute Gasteiger partial charge is 0.354 e. The van der Waals surface area contributed by atoms with Crippen LogP contribution < -0.4 is 4.74 Å². The van der Waals surface area contributed by atoms with E-state index in [-0.39, 0.29) is 17.4 Å². The van der Waals surface area contributed by atoms with E-state index in [4.69, 9.17) is 9.47 Å². The van der Waals surface area contributed by atoms with Gasteiger partial charge in [0.05, 0.1) is 30.9 Å². The lowest BCUT2D eigenvalue weighted by molar-refractivity contribution is 0.0689. The minimum absolute atomic E-state index is 0.109. The van der Waals surface area contributed by atoms with Crippen LogP contribution in [0.1, 0.15) is 35.1 Å². The number of ether oxygens (including phenoxy) is 2. The van der Waals surface area contributed by atoms with Gasteiger partial charge in [0.2, 0.25) is 5.88 Å². The summed E-state index contributed by atoms with van der Waals surface area (Å²) >= 11 is 0. The second kappa shape index (κ2) is 10.0. The average Bonchev–Trinajstić information content (AvgIpc) is 3.48. The molecule has 0 aliphatic heterocycles. The molecule has 0 saturated carbocycles. The highest BCUT2D eigenvalue weighted by molar-refractivity contribution is 6.06. The van der Waals surface area contributed by atoms with Crippen LogP contribution in [0, 0.1) is 12.7 Å². The first-order valence-corrected chi connectivity index (χ1v) is 12.1. The summed E-state index contributed by atoms with van der Waals surface area (Å²) in [7, 11) is 1.47. The van der Waals surface area contributed by atoms with E-state index in [2.05, 4.69) is 26.7 Å². The first-order valence-electron chi connectivity index (χ1n) is 12.1. The van der Waals surface area contributed by atoms with Gasteiger partial charge in [-0.15, -0.1) is 0 Å². The quantitative estimate of drug-likeness (QED) is 0.251. The van der Waals surface area contributed by atoms with E-state index in [9.17, 15) is 14.3 Å². The van der Waals surface area contributed by atoms with Crippen LogP contribution in [0.4, 0.5) is 4.39 Å². The summed E-state index contributed by atoms with van der Waals surface area (Å²) in [6.45, 7) is 4.90. The number of benzene rings is 2. The molecule has 0 radical (unpaired) electrons. The number of nitrogens with zero attached hydrogens (tertiary/aromatic N) is 3. The van der Waals surface area contributed by atoms with E-state index in [1.165, 1.54) is 19.2 Å². The predicted molar refractivity (Wildman–Crippen MR) is 139 cm³/mol. The van der Waals surface area contributed by atoms with Gasteiger partial charge in [-0.25, -0.2) is 14.2 Å². The number of aromatic carboxylic acids is 1. The van der Waals surface area contributed by atoms with Crippen molar-refractivity contribution >= 4 is 27.8 Å². The molecule has 0 amide bonds. The lowest BCUT2D eigenvalue weighted by atomic mass is 10.0. The molecule has 190 valence electrons. The Balaban J connectivity index is 1.86. The molecule has 0 aliphatic rings. The summed E-state index contributed by atoms with van der Waals surface area (Å²) in [6, 6.07) is 12.3. The number of aromatic nitrogens is 4. The Bertz CT molecular complexity index is 1620. The van der Waals surface area contributed by atoms with Crippen molar-refractivity contribution in [2.75, 3.05) is 20.3 Å². The molecule has 0 unspecified atom stereocenters. The lowest BCUT2D eigenvalue weighted by Crippen LogP contribution is -2.08. The van der Waals surface area contributed by atoms with Crippen LogP contribution in [0.3, 0.4) is 0 Å². The minimum Gasteiger partial charge on any atom is -0.481 e. The maximum atomic E-state index is 14.2. The summed E-state index contributed by atoms with van der Waals surface area (Å²) in [4.78, 5) is 15.8. The third kappa shape index (κ3) is 4.42. The average molecular weight is 503 g/mol. The van der Waals surface area contributed by atoms with E-state index in [0.29, 0.717) is 30.8 Å². The number of halogens is 1. The molecular formula is C28H27FN4O4. The zero-order chi connectivity index (χ0) is 26.1.